The molecular formula is C19H25FO2. The zero-order valence-electron chi connectivity index (χ0n) is 13.0. The molecule has 0 unspecified atom stereocenters. The van der Waals surface area contributed by atoms with Gasteiger partial charge in [0.1, 0.15) is 5.82 Å². The van der Waals surface area contributed by atoms with Crippen LogP contribution in [0.25, 0.3) is 0 Å². The van der Waals surface area contributed by atoms with Crippen molar-refractivity contribution in [1.82, 2.24) is 0 Å². The molecule has 1 saturated carbocycles. The molecule has 0 spiro atoms. The first kappa shape index (κ1) is 15.7. The van der Waals surface area contributed by atoms with Crippen LogP contribution in [0.3, 0.4) is 0 Å². The third kappa shape index (κ3) is 3.58. The van der Waals surface area contributed by atoms with E-state index in [1.165, 1.54) is 31.7 Å². The molecule has 1 saturated heterocycles. The van der Waals surface area contributed by atoms with Crippen molar-refractivity contribution >= 4 is 0 Å². The second kappa shape index (κ2) is 7.38. The molecule has 1 aromatic carbocycles. The van der Waals surface area contributed by atoms with Crippen molar-refractivity contribution in [2.24, 2.45) is 17.8 Å². The van der Waals surface area contributed by atoms with Crippen LogP contribution in [0.2, 0.25) is 0 Å². The molecule has 0 N–H and O–H groups in total. The molecule has 0 aromatic heterocycles. The molecule has 0 amide bonds. The predicted octanol–water partition coefficient (Wildman–Crippen LogP) is 4.87. The molecule has 2 aliphatic rings. The lowest BCUT2D eigenvalue weighted by Crippen LogP contribution is -2.34. The van der Waals surface area contributed by atoms with Crippen molar-refractivity contribution in [1.29, 1.82) is 0 Å². The Morgan fingerprint density at radius 1 is 1.05 bits per heavy atom. The molecule has 2 fully saturated rings. The summed E-state index contributed by atoms with van der Waals surface area (Å²) in [7, 11) is 0. The minimum absolute atomic E-state index is 0.254. The van der Waals surface area contributed by atoms with Gasteiger partial charge in [0.25, 0.3) is 0 Å². The number of hydrogen-bond donors (Lipinski definition) is 0. The third-order valence-corrected chi connectivity index (χ3v) is 5.14. The lowest BCUT2D eigenvalue weighted by atomic mass is 9.75. The summed E-state index contributed by atoms with van der Waals surface area (Å²) in [5.74, 6) is 1.69. The van der Waals surface area contributed by atoms with Crippen molar-refractivity contribution in [3.63, 3.8) is 0 Å². The van der Waals surface area contributed by atoms with Crippen LogP contribution in [-0.4, -0.2) is 13.2 Å². The first-order valence-electron chi connectivity index (χ1n) is 8.36. The highest BCUT2D eigenvalue weighted by Crippen LogP contribution is 2.38. The standard InChI is InChI=1S/C19H25FO2/c1-2-5-14-8-10-15(11-9-14)16-12-21-19(22-13-16)17-6-3-4-7-18(17)20/h2-4,6-7,14-16,19H,1,5,8-13H2. The van der Waals surface area contributed by atoms with E-state index in [4.69, 9.17) is 9.47 Å². The average molecular weight is 304 g/mol. The molecule has 22 heavy (non-hydrogen) atoms. The summed E-state index contributed by atoms with van der Waals surface area (Å²) in [5.41, 5.74) is 0.510. The van der Waals surface area contributed by atoms with E-state index < -0.39 is 6.29 Å². The smallest absolute Gasteiger partial charge is 0.186 e. The van der Waals surface area contributed by atoms with E-state index in [9.17, 15) is 4.39 Å². The van der Waals surface area contributed by atoms with Gasteiger partial charge in [-0.15, -0.1) is 6.58 Å². The minimum Gasteiger partial charge on any atom is -0.348 e. The van der Waals surface area contributed by atoms with Gasteiger partial charge < -0.3 is 9.47 Å². The highest BCUT2D eigenvalue weighted by atomic mass is 19.1. The SMILES string of the molecule is C=CCC1CCC(C2COC(c3ccccc3F)OC2)CC1. The third-order valence-electron chi connectivity index (χ3n) is 5.14. The van der Waals surface area contributed by atoms with Crippen molar-refractivity contribution in [3.8, 4) is 0 Å². The van der Waals surface area contributed by atoms with Crippen molar-refractivity contribution < 1.29 is 13.9 Å². The maximum absolute atomic E-state index is 13.8. The quantitative estimate of drug-likeness (QED) is 0.739. The molecule has 3 rings (SSSR count). The number of allylic oxidation sites excluding steroid dienone is 1. The van der Waals surface area contributed by atoms with Crippen LogP contribution in [0.15, 0.2) is 36.9 Å². The zero-order valence-corrected chi connectivity index (χ0v) is 13.0. The van der Waals surface area contributed by atoms with Crippen LogP contribution in [0, 0.1) is 23.6 Å². The number of ether oxygens (including phenoxy) is 2. The van der Waals surface area contributed by atoms with Gasteiger partial charge in [-0.3, -0.25) is 0 Å². The Morgan fingerprint density at radius 2 is 1.73 bits per heavy atom. The lowest BCUT2D eigenvalue weighted by Gasteiger charge is -2.37. The Morgan fingerprint density at radius 3 is 2.36 bits per heavy atom. The van der Waals surface area contributed by atoms with Gasteiger partial charge in [-0.25, -0.2) is 4.39 Å². The highest BCUT2D eigenvalue weighted by Gasteiger charge is 2.32. The first-order chi connectivity index (χ1) is 10.8. The largest absolute Gasteiger partial charge is 0.348 e. The summed E-state index contributed by atoms with van der Waals surface area (Å²) in [6.07, 6.45) is 7.69. The minimum atomic E-state index is -0.547. The second-order valence-electron chi connectivity index (χ2n) is 6.59. The van der Waals surface area contributed by atoms with Gasteiger partial charge in [-0.05, 0) is 50.0 Å². The molecule has 1 aliphatic carbocycles. The van der Waals surface area contributed by atoms with Crippen LogP contribution in [0.4, 0.5) is 4.39 Å². The molecule has 120 valence electrons. The highest BCUT2D eigenvalue weighted by molar-refractivity contribution is 5.18. The van der Waals surface area contributed by atoms with Gasteiger partial charge >= 0.3 is 0 Å². The number of halogens is 1. The molecule has 1 aromatic rings. The van der Waals surface area contributed by atoms with E-state index in [1.54, 1.807) is 12.1 Å². The predicted molar refractivity (Wildman–Crippen MR) is 84.8 cm³/mol. The van der Waals surface area contributed by atoms with E-state index in [0.717, 1.165) is 12.3 Å². The van der Waals surface area contributed by atoms with Crippen molar-refractivity contribution in [2.45, 2.75) is 38.4 Å². The van der Waals surface area contributed by atoms with Crippen LogP contribution >= 0.6 is 0 Å². The number of benzene rings is 1. The van der Waals surface area contributed by atoms with Gasteiger partial charge in [0.15, 0.2) is 6.29 Å². The van der Waals surface area contributed by atoms with Crippen molar-refractivity contribution in [3.05, 3.63) is 48.3 Å². The Balaban J connectivity index is 1.50. The summed E-state index contributed by atoms with van der Waals surface area (Å²) in [6, 6.07) is 6.69. The fraction of sp³-hybridized carbons (Fsp3) is 0.579. The fourth-order valence-corrected chi connectivity index (χ4v) is 3.77. The zero-order chi connectivity index (χ0) is 15.4. The van der Waals surface area contributed by atoms with Crippen LogP contribution in [0.5, 0.6) is 0 Å². The van der Waals surface area contributed by atoms with E-state index in [2.05, 4.69) is 6.58 Å². The van der Waals surface area contributed by atoms with Gasteiger partial charge in [-0.1, -0.05) is 24.3 Å². The Bertz CT molecular complexity index is 486. The normalized spacial score (nSPS) is 32.6. The van der Waals surface area contributed by atoms with Crippen molar-refractivity contribution in [2.75, 3.05) is 13.2 Å². The molecule has 0 bridgehead atoms. The summed E-state index contributed by atoms with van der Waals surface area (Å²) in [5, 5.41) is 0. The van der Waals surface area contributed by atoms with Gasteiger partial charge in [0, 0.05) is 11.5 Å². The fourth-order valence-electron chi connectivity index (χ4n) is 3.77. The van der Waals surface area contributed by atoms with Crippen LogP contribution < -0.4 is 0 Å². The molecule has 1 heterocycles. The van der Waals surface area contributed by atoms with Gasteiger partial charge in [0.2, 0.25) is 0 Å². The Kier molecular flexibility index (Phi) is 5.27. The number of hydrogen-bond acceptors (Lipinski definition) is 2. The molecule has 0 radical (unpaired) electrons. The number of rotatable bonds is 4. The monoisotopic (exact) mass is 304 g/mol. The van der Waals surface area contributed by atoms with E-state index in [1.807, 2.05) is 12.1 Å². The van der Waals surface area contributed by atoms with E-state index >= 15 is 0 Å². The summed E-state index contributed by atoms with van der Waals surface area (Å²) >= 11 is 0. The van der Waals surface area contributed by atoms with E-state index in [-0.39, 0.29) is 5.82 Å². The molecule has 1 aliphatic heterocycles. The maximum atomic E-state index is 13.8. The molecule has 3 heteroatoms. The lowest BCUT2D eigenvalue weighted by molar-refractivity contribution is -0.215. The van der Waals surface area contributed by atoms with Crippen LogP contribution in [-0.2, 0) is 9.47 Å². The molecule has 0 atom stereocenters. The van der Waals surface area contributed by atoms with Gasteiger partial charge in [0.05, 0.1) is 13.2 Å². The topological polar surface area (TPSA) is 18.5 Å². The molecule has 2 nitrogen and oxygen atoms in total. The maximum Gasteiger partial charge on any atom is 0.186 e. The molecular weight excluding hydrogens is 279 g/mol. The van der Waals surface area contributed by atoms with E-state index in [0.29, 0.717) is 30.6 Å². The first-order valence-corrected chi connectivity index (χ1v) is 8.36. The summed E-state index contributed by atoms with van der Waals surface area (Å²) in [4.78, 5) is 0. The second-order valence-corrected chi connectivity index (χ2v) is 6.59. The summed E-state index contributed by atoms with van der Waals surface area (Å²) in [6.45, 7) is 5.19. The Hall–Kier alpha value is -1.19. The average Bonchev–Trinajstić information content (AvgIpc) is 2.57. The summed E-state index contributed by atoms with van der Waals surface area (Å²) < 4.78 is 25.4. The van der Waals surface area contributed by atoms with Crippen LogP contribution in [0.1, 0.15) is 44.0 Å². The van der Waals surface area contributed by atoms with Gasteiger partial charge in [-0.2, -0.15) is 0 Å². The Labute approximate surface area is 132 Å².